The molecule has 5 nitrogen and oxygen atoms in total. The largest absolute Gasteiger partial charge is 0.485 e. The van der Waals surface area contributed by atoms with E-state index in [9.17, 15) is 14.0 Å². The van der Waals surface area contributed by atoms with Crippen molar-refractivity contribution >= 4 is 22.6 Å². The summed E-state index contributed by atoms with van der Waals surface area (Å²) in [5, 5.41) is 1.74. The number of amides is 1. The summed E-state index contributed by atoms with van der Waals surface area (Å²) in [7, 11) is 1.29. The quantitative estimate of drug-likeness (QED) is 0.633. The van der Waals surface area contributed by atoms with E-state index in [0.29, 0.717) is 5.56 Å². The monoisotopic (exact) mass is 393 g/mol. The Kier molecular flexibility index (Phi) is 5.16. The van der Waals surface area contributed by atoms with Gasteiger partial charge in [0.2, 0.25) is 0 Å². The first kappa shape index (κ1) is 18.9. The predicted octanol–water partition coefficient (Wildman–Crippen LogP) is 3.81. The van der Waals surface area contributed by atoms with Gasteiger partial charge in [0.25, 0.3) is 5.91 Å². The van der Waals surface area contributed by atoms with Gasteiger partial charge in [-0.15, -0.1) is 0 Å². The van der Waals surface area contributed by atoms with Crippen molar-refractivity contribution in [2.45, 2.75) is 18.6 Å². The molecule has 0 aromatic heterocycles. The van der Waals surface area contributed by atoms with E-state index >= 15 is 0 Å². The summed E-state index contributed by atoms with van der Waals surface area (Å²) in [6, 6.07) is 18.3. The van der Waals surface area contributed by atoms with Crippen LogP contribution in [0.2, 0.25) is 0 Å². The molecule has 1 fully saturated rings. The van der Waals surface area contributed by atoms with Crippen LogP contribution in [0.5, 0.6) is 5.75 Å². The van der Waals surface area contributed by atoms with Crippen LogP contribution < -0.4 is 4.74 Å². The maximum Gasteiger partial charge on any atom is 0.328 e. The third-order valence-corrected chi connectivity index (χ3v) is 5.15. The Morgan fingerprint density at radius 1 is 1.00 bits per heavy atom. The maximum absolute atomic E-state index is 14.0. The van der Waals surface area contributed by atoms with E-state index in [4.69, 9.17) is 9.47 Å². The minimum atomic E-state index is -0.789. The highest BCUT2D eigenvalue weighted by atomic mass is 19.1. The molecule has 0 bridgehead atoms. The summed E-state index contributed by atoms with van der Waals surface area (Å²) in [6.45, 7) is 0.163. The number of para-hydroxylation sites is 1. The van der Waals surface area contributed by atoms with Gasteiger partial charge >= 0.3 is 5.97 Å². The first-order valence-corrected chi connectivity index (χ1v) is 9.36. The van der Waals surface area contributed by atoms with Gasteiger partial charge in [0.05, 0.1) is 13.7 Å². The first-order chi connectivity index (χ1) is 14.1. The Morgan fingerprint density at radius 2 is 1.72 bits per heavy atom. The van der Waals surface area contributed by atoms with Crippen LogP contribution in [0, 0.1) is 5.82 Å². The zero-order valence-electron chi connectivity index (χ0n) is 15.9. The van der Waals surface area contributed by atoms with Crippen molar-refractivity contribution in [3.63, 3.8) is 0 Å². The number of fused-ring (bicyclic) bond motifs is 1. The molecule has 6 heteroatoms. The second-order valence-electron chi connectivity index (χ2n) is 6.93. The third kappa shape index (κ3) is 3.66. The van der Waals surface area contributed by atoms with Crippen LogP contribution in [0.3, 0.4) is 0 Å². The fourth-order valence-corrected chi connectivity index (χ4v) is 3.75. The molecule has 0 N–H and O–H groups in total. The highest BCUT2D eigenvalue weighted by Crippen LogP contribution is 2.28. The molecule has 1 heterocycles. The van der Waals surface area contributed by atoms with E-state index in [1.54, 1.807) is 18.2 Å². The smallest absolute Gasteiger partial charge is 0.328 e. The van der Waals surface area contributed by atoms with Crippen LogP contribution in [-0.2, 0) is 9.53 Å². The molecule has 0 radical (unpaired) electrons. The highest BCUT2D eigenvalue weighted by molar-refractivity contribution is 6.08. The molecule has 29 heavy (non-hydrogen) atoms. The number of carbonyl (C=O) groups is 2. The van der Waals surface area contributed by atoms with E-state index in [-0.39, 0.29) is 24.6 Å². The van der Waals surface area contributed by atoms with Gasteiger partial charge < -0.3 is 14.4 Å². The summed E-state index contributed by atoms with van der Waals surface area (Å²) in [4.78, 5) is 27.1. The summed E-state index contributed by atoms with van der Waals surface area (Å²) in [5.41, 5.74) is 0.503. The molecule has 0 spiro atoms. The minimum absolute atomic E-state index is 0.0978. The number of ether oxygens (including phenoxy) is 2. The van der Waals surface area contributed by atoms with Crippen LogP contribution in [-0.4, -0.2) is 42.6 Å². The second-order valence-corrected chi connectivity index (χ2v) is 6.93. The Morgan fingerprint density at radius 3 is 2.52 bits per heavy atom. The number of benzene rings is 3. The Labute approximate surface area is 167 Å². The van der Waals surface area contributed by atoms with Gasteiger partial charge in [0.1, 0.15) is 12.1 Å². The number of rotatable bonds is 4. The van der Waals surface area contributed by atoms with E-state index < -0.39 is 23.9 Å². The van der Waals surface area contributed by atoms with Crippen molar-refractivity contribution in [2.75, 3.05) is 13.7 Å². The molecular weight excluding hydrogens is 373 g/mol. The average molecular weight is 393 g/mol. The Bertz CT molecular complexity index is 1060. The van der Waals surface area contributed by atoms with Crippen molar-refractivity contribution < 1.29 is 23.5 Å². The summed E-state index contributed by atoms with van der Waals surface area (Å²) >= 11 is 0. The zero-order chi connectivity index (χ0) is 20.4. The topological polar surface area (TPSA) is 55.8 Å². The van der Waals surface area contributed by atoms with E-state index in [1.165, 1.54) is 24.1 Å². The minimum Gasteiger partial charge on any atom is -0.485 e. The SMILES string of the molecule is COC(=O)C1CC(Oc2ccccc2F)CN1C(=O)c1cccc2ccccc12. The second kappa shape index (κ2) is 7.91. The van der Waals surface area contributed by atoms with Gasteiger partial charge in [-0.2, -0.15) is 0 Å². The molecule has 2 unspecified atom stereocenters. The lowest BCUT2D eigenvalue weighted by Crippen LogP contribution is -2.41. The van der Waals surface area contributed by atoms with Crippen LogP contribution >= 0.6 is 0 Å². The van der Waals surface area contributed by atoms with Crippen molar-refractivity contribution in [1.29, 1.82) is 0 Å². The number of halogens is 1. The highest BCUT2D eigenvalue weighted by Gasteiger charge is 2.42. The molecule has 3 aromatic rings. The summed E-state index contributed by atoms with van der Waals surface area (Å²) < 4.78 is 24.6. The number of hydrogen-bond donors (Lipinski definition) is 0. The van der Waals surface area contributed by atoms with Gasteiger partial charge in [-0.1, -0.05) is 48.5 Å². The Hall–Kier alpha value is -3.41. The van der Waals surface area contributed by atoms with Crippen molar-refractivity contribution in [2.24, 2.45) is 0 Å². The van der Waals surface area contributed by atoms with Crippen LogP contribution in [0.15, 0.2) is 66.7 Å². The van der Waals surface area contributed by atoms with E-state index in [1.807, 2.05) is 36.4 Å². The number of methoxy groups -OCH3 is 1. The number of likely N-dealkylation sites (tertiary alicyclic amines) is 1. The third-order valence-electron chi connectivity index (χ3n) is 5.15. The summed E-state index contributed by atoms with van der Waals surface area (Å²) in [5.74, 6) is -1.18. The van der Waals surface area contributed by atoms with Crippen LogP contribution in [0.4, 0.5) is 4.39 Å². The van der Waals surface area contributed by atoms with Crippen molar-refractivity contribution in [3.8, 4) is 5.75 Å². The van der Waals surface area contributed by atoms with Crippen LogP contribution in [0.25, 0.3) is 10.8 Å². The van der Waals surface area contributed by atoms with Gasteiger partial charge in [-0.3, -0.25) is 4.79 Å². The van der Waals surface area contributed by atoms with Crippen molar-refractivity contribution in [3.05, 3.63) is 78.1 Å². The molecule has 4 rings (SSSR count). The lowest BCUT2D eigenvalue weighted by atomic mass is 10.0. The molecule has 1 amide bonds. The molecule has 1 aliphatic heterocycles. The van der Waals surface area contributed by atoms with Crippen molar-refractivity contribution in [1.82, 2.24) is 4.90 Å². The molecule has 3 aromatic carbocycles. The van der Waals surface area contributed by atoms with Gasteiger partial charge in [0.15, 0.2) is 11.6 Å². The fourth-order valence-electron chi connectivity index (χ4n) is 3.75. The van der Waals surface area contributed by atoms with Crippen LogP contribution in [0.1, 0.15) is 16.8 Å². The van der Waals surface area contributed by atoms with E-state index in [0.717, 1.165) is 10.8 Å². The summed E-state index contributed by atoms with van der Waals surface area (Å²) in [6.07, 6.45) is -0.285. The average Bonchev–Trinajstić information content (AvgIpc) is 3.18. The Balaban J connectivity index is 1.64. The lowest BCUT2D eigenvalue weighted by Gasteiger charge is -2.23. The number of hydrogen-bond acceptors (Lipinski definition) is 4. The molecule has 1 saturated heterocycles. The zero-order valence-corrected chi connectivity index (χ0v) is 15.9. The molecule has 0 saturated carbocycles. The first-order valence-electron chi connectivity index (χ1n) is 9.36. The molecule has 2 atom stereocenters. The number of nitrogens with zero attached hydrogens (tertiary/aromatic N) is 1. The normalized spacial score (nSPS) is 18.6. The predicted molar refractivity (Wildman–Crippen MR) is 106 cm³/mol. The number of esters is 1. The maximum atomic E-state index is 14.0. The molecule has 148 valence electrons. The number of carbonyl (C=O) groups excluding carboxylic acids is 2. The van der Waals surface area contributed by atoms with E-state index in [2.05, 4.69) is 0 Å². The lowest BCUT2D eigenvalue weighted by molar-refractivity contribution is -0.145. The molecule has 1 aliphatic rings. The van der Waals surface area contributed by atoms with Gasteiger partial charge in [0, 0.05) is 12.0 Å². The standard InChI is InChI=1S/C23H20FNO4/c1-28-23(27)20-13-16(29-21-12-5-4-11-19(21)24)14-25(20)22(26)18-10-6-8-15-7-2-3-9-17(15)18/h2-12,16,20H,13-14H2,1H3. The van der Waals surface area contributed by atoms with Gasteiger partial charge in [-0.05, 0) is 29.0 Å². The fraction of sp³-hybridized carbons (Fsp3) is 0.217. The molecular formula is C23H20FNO4. The van der Waals surface area contributed by atoms with Gasteiger partial charge in [-0.25, -0.2) is 9.18 Å². The molecule has 0 aliphatic carbocycles.